The first kappa shape index (κ1) is 20.2. The molecular formula is C20H30N2O4. The lowest BCUT2D eigenvalue weighted by Crippen LogP contribution is -2.50. The van der Waals surface area contributed by atoms with Gasteiger partial charge in [-0.05, 0) is 43.4 Å². The van der Waals surface area contributed by atoms with E-state index in [0.29, 0.717) is 24.8 Å². The van der Waals surface area contributed by atoms with Crippen LogP contribution in [0.25, 0.3) is 0 Å². The van der Waals surface area contributed by atoms with Gasteiger partial charge in [0, 0.05) is 26.2 Å². The summed E-state index contributed by atoms with van der Waals surface area (Å²) in [6.45, 7) is 7.38. The smallest absolute Gasteiger partial charge is 0.263 e. The molecule has 1 aliphatic heterocycles. The van der Waals surface area contributed by atoms with Crippen molar-refractivity contribution in [3.8, 4) is 5.75 Å². The largest absolute Gasteiger partial charge is 0.481 e. The minimum Gasteiger partial charge on any atom is -0.481 e. The summed E-state index contributed by atoms with van der Waals surface area (Å²) >= 11 is 0. The quantitative estimate of drug-likeness (QED) is 0.808. The summed E-state index contributed by atoms with van der Waals surface area (Å²) in [5.74, 6) is 1.05. The average Bonchev–Trinajstić information content (AvgIpc) is 2.62. The van der Waals surface area contributed by atoms with Gasteiger partial charge in [0.1, 0.15) is 12.4 Å². The zero-order valence-corrected chi connectivity index (χ0v) is 16.2. The topological polar surface area (TPSA) is 67.9 Å². The Hall–Kier alpha value is -2.08. The molecule has 0 bridgehead atoms. The second-order valence-corrected chi connectivity index (χ2v) is 7.08. The number of hydrogen-bond acceptors (Lipinski definition) is 4. The van der Waals surface area contributed by atoms with E-state index in [4.69, 9.17) is 9.47 Å². The van der Waals surface area contributed by atoms with E-state index in [9.17, 15) is 9.59 Å². The van der Waals surface area contributed by atoms with Crippen LogP contribution in [0.15, 0.2) is 24.3 Å². The molecule has 1 unspecified atom stereocenters. The second-order valence-electron chi connectivity index (χ2n) is 7.08. The average molecular weight is 362 g/mol. The van der Waals surface area contributed by atoms with Gasteiger partial charge in [-0.3, -0.25) is 9.59 Å². The van der Waals surface area contributed by atoms with Crippen LogP contribution < -0.4 is 10.1 Å². The molecule has 6 heteroatoms. The summed E-state index contributed by atoms with van der Waals surface area (Å²) in [7, 11) is 1.50. The Bertz CT molecular complexity index is 592. The van der Waals surface area contributed by atoms with Crippen molar-refractivity contribution in [2.75, 3.05) is 26.8 Å². The maximum absolute atomic E-state index is 12.6. The molecule has 1 aromatic carbocycles. The molecule has 0 radical (unpaired) electrons. The van der Waals surface area contributed by atoms with E-state index in [-0.39, 0.29) is 24.5 Å². The number of likely N-dealkylation sites (tertiary alicyclic amines) is 1. The minimum absolute atomic E-state index is 0.0143. The second kappa shape index (κ2) is 9.57. The van der Waals surface area contributed by atoms with Gasteiger partial charge in [-0.15, -0.1) is 0 Å². The predicted molar refractivity (Wildman–Crippen MR) is 100 cm³/mol. The number of carbonyl (C=O) groups is 2. The van der Waals surface area contributed by atoms with Crippen LogP contribution in [0.3, 0.4) is 0 Å². The Morgan fingerprint density at radius 3 is 2.31 bits per heavy atom. The van der Waals surface area contributed by atoms with Crippen molar-refractivity contribution < 1.29 is 19.1 Å². The van der Waals surface area contributed by atoms with Gasteiger partial charge in [-0.2, -0.15) is 0 Å². The van der Waals surface area contributed by atoms with Crippen molar-refractivity contribution in [2.24, 2.45) is 0 Å². The van der Waals surface area contributed by atoms with Gasteiger partial charge in [-0.1, -0.05) is 26.0 Å². The highest BCUT2D eigenvalue weighted by molar-refractivity contribution is 5.81. The number of hydrogen-bond donors (Lipinski definition) is 1. The number of rotatable bonds is 7. The van der Waals surface area contributed by atoms with Crippen LogP contribution >= 0.6 is 0 Å². The third kappa shape index (κ3) is 5.73. The first-order valence-corrected chi connectivity index (χ1v) is 9.24. The molecule has 1 aromatic rings. The number of nitrogens with zero attached hydrogens (tertiary/aromatic N) is 1. The number of ether oxygens (including phenoxy) is 2. The Morgan fingerprint density at radius 2 is 1.77 bits per heavy atom. The van der Waals surface area contributed by atoms with Crippen LogP contribution in [-0.4, -0.2) is 55.7 Å². The number of carbonyl (C=O) groups excluding carboxylic acids is 2. The SMILES string of the molecule is COCC(=O)NC1CCN(C(=O)C(C)Oc2ccc(C(C)C)cc2)CC1. The van der Waals surface area contributed by atoms with E-state index in [1.54, 1.807) is 6.92 Å². The molecule has 6 nitrogen and oxygen atoms in total. The Kier molecular flexibility index (Phi) is 7.45. The molecule has 1 N–H and O–H groups in total. The predicted octanol–water partition coefficient (Wildman–Crippen LogP) is 2.33. The van der Waals surface area contributed by atoms with Crippen LogP contribution in [0.4, 0.5) is 0 Å². The molecular weight excluding hydrogens is 332 g/mol. The van der Waals surface area contributed by atoms with Gasteiger partial charge in [-0.25, -0.2) is 0 Å². The van der Waals surface area contributed by atoms with Crippen LogP contribution in [-0.2, 0) is 14.3 Å². The van der Waals surface area contributed by atoms with Gasteiger partial charge in [0.25, 0.3) is 5.91 Å². The first-order valence-electron chi connectivity index (χ1n) is 9.24. The Labute approximate surface area is 155 Å². The van der Waals surface area contributed by atoms with E-state index in [2.05, 4.69) is 19.2 Å². The Balaban J connectivity index is 1.80. The molecule has 1 heterocycles. The van der Waals surface area contributed by atoms with Crippen LogP contribution in [0.1, 0.15) is 45.1 Å². The van der Waals surface area contributed by atoms with Crippen molar-refractivity contribution in [3.05, 3.63) is 29.8 Å². The normalized spacial score (nSPS) is 16.4. The Morgan fingerprint density at radius 1 is 1.15 bits per heavy atom. The molecule has 2 rings (SSSR count). The van der Waals surface area contributed by atoms with Gasteiger partial charge in [0.15, 0.2) is 6.10 Å². The van der Waals surface area contributed by atoms with Crippen molar-refractivity contribution in [1.82, 2.24) is 10.2 Å². The molecule has 26 heavy (non-hydrogen) atoms. The maximum Gasteiger partial charge on any atom is 0.263 e. The van der Waals surface area contributed by atoms with Crippen molar-refractivity contribution >= 4 is 11.8 Å². The summed E-state index contributed by atoms with van der Waals surface area (Å²) in [4.78, 5) is 26.0. The summed E-state index contributed by atoms with van der Waals surface area (Å²) in [6, 6.07) is 7.99. The molecule has 2 amide bonds. The fourth-order valence-electron chi connectivity index (χ4n) is 3.09. The third-order valence-electron chi connectivity index (χ3n) is 4.65. The van der Waals surface area contributed by atoms with E-state index in [1.807, 2.05) is 29.2 Å². The lowest BCUT2D eigenvalue weighted by Gasteiger charge is -2.33. The highest BCUT2D eigenvalue weighted by Crippen LogP contribution is 2.20. The van der Waals surface area contributed by atoms with Gasteiger partial charge in [0.2, 0.25) is 5.91 Å². The van der Waals surface area contributed by atoms with Crippen molar-refractivity contribution in [3.63, 3.8) is 0 Å². The van der Waals surface area contributed by atoms with Crippen LogP contribution in [0, 0.1) is 0 Å². The van der Waals surface area contributed by atoms with Gasteiger partial charge >= 0.3 is 0 Å². The first-order chi connectivity index (χ1) is 12.4. The van der Waals surface area contributed by atoms with E-state index in [1.165, 1.54) is 12.7 Å². The molecule has 0 aliphatic carbocycles. The number of methoxy groups -OCH3 is 1. The number of benzene rings is 1. The monoisotopic (exact) mass is 362 g/mol. The van der Waals surface area contributed by atoms with Crippen LogP contribution in [0.5, 0.6) is 5.75 Å². The lowest BCUT2D eigenvalue weighted by atomic mass is 10.0. The molecule has 1 saturated heterocycles. The van der Waals surface area contributed by atoms with Crippen molar-refractivity contribution in [1.29, 1.82) is 0 Å². The molecule has 0 saturated carbocycles. The number of piperidine rings is 1. The molecule has 144 valence electrons. The summed E-state index contributed by atoms with van der Waals surface area (Å²) in [5.41, 5.74) is 1.24. The molecule has 0 aromatic heterocycles. The van der Waals surface area contributed by atoms with Gasteiger partial charge in [0.05, 0.1) is 0 Å². The van der Waals surface area contributed by atoms with E-state index < -0.39 is 6.10 Å². The summed E-state index contributed by atoms with van der Waals surface area (Å²) < 4.78 is 10.6. The summed E-state index contributed by atoms with van der Waals surface area (Å²) in [6.07, 6.45) is 0.966. The molecule has 1 atom stereocenters. The molecule has 0 spiro atoms. The highest BCUT2D eigenvalue weighted by atomic mass is 16.5. The minimum atomic E-state index is -0.528. The third-order valence-corrected chi connectivity index (χ3v) is 4.65. The number of nitrogens with one attached hydrogen (secondary N) is 1. The molecule has 1 aliphatic rings. The summed E-state index contributed by atoms with van der Waals surface area (Å²) in [5, 5.41) is 2.93. The fraction of sp³-hybridized carbons (Fsp3) is 0.600. The molecule has 1 fully saturated rings. The highest BCUT2D eigenvalue weighted by Gasteiger charge is 2.27. The standard InChI is InChI=1S/C20H30N2O4/c1-14(2)16-5-7-18(8-6-16)26-15(3)20(24)22-11-9-17(10-12-22)21-19(23)13-25-4/h5-8,14-15,17H,9-13H2,1-4H3,(H,21,23). The lowest BCUT2D eigenvalue weighted by molar-refractivity contribution is -0.139. The zero-order chi connectivity index (χ0) is 19.1. The number of amides is 2. The van der Waals surface area contributed by atoms with E-state index >= 15 is 0 Å². The zero-order valence-electron chi connectivity index (χ0n) is 16.2. The van der Waals surface area contributed by atoms with Gasteiger partial charge < -0.3 is 19.7 Å². The fourth-order valence-corrected chi connectivity index (χ4v) is 3.09. The van der Waals surface area contributed by atoms with Crippen molar-refractivity contribution in [2.45, 2.75) is 51.7 Å². The maximum atomic E-state index is 12.6. The van der Waals surface area contributed by atoms with E-state index in [0.717, 1.165) is 12.8 Å². The van der Waals surface area contributed by atoms with Crippen LogP contribution in [0.2, 0.25) is 0 Å².